The second-order valence-corrected chi connectivity index (χ2v) is 8.05. The van der Waals surface area contributed by atoms with Crippen LogP contribution in [0.2, 0.25) is 0 Å². The van der Waals surface area contributed by atoms with Crippen LogP contribution in [0.25, 0.3) is 10.8 Å². The summed E-state index contributed by atoms with van der Waals surface area (Å²) in [6, 6.07) is 13.4. The molecule has 1 amide bonds. The topological polar surface area (TPSA) is 86.3 Å². The third-order valence-electron chi connectivity index (χ3n) is 5.29. The number of aliphatic hydroxyl groups excluding tert-OH is 1. The predicted molar refractivity (Wildman–Crippen MR) is 106 cm³/mol. The molecule has 7 heteroatoms. The van der Waals surface area contributed by atoms with Gasteiger partial charge in [-0.1, -0.05) is 36.4 Å². The summed E-state index contributed by atoms with van der Waals surface area (Å²) in [5.41, 5.74) is 0.975. The summed E-state index contributed by atoms with van der Waals surface area (Å²) >= 11 is 0. The number of hydrogen-bond acceptors (Lipinski definition) is 6. The molecule has 2 aliphatic rings. The Morgan fingerprint density at radius 1 is 1.24 bits per heavy atom. The highest BCUT2D eigenvalue weighted by atomic mass is 16.8. The largest absolute Gasteiger partial charge is 0.388 e. The van der Waals surface area contributed by atoms with Crippen molar-refractivity contribution in [2.45, 2.75) is 63.8 Å². The van der Waals surface area contributed by atoms with E-state index in [0.717, 1.165) is 16.3 Å². The number of hydrogen-bond donors (Lipinski definition) is 2. The number of nitrogens with one attached hydrogen (secondary N) is 1. The van der Waals surface area contributed by atoms with Crippen molar-refractivity contribution in [2.24, 2.45) is 0 Å². The van der Waals surface area contributed by atoms with Crippen LogP contribution in [0.5, 0.6) is 0 Å². The van der Waals surface area contributed by atoms with Crippen LogP contribution in [0.3, 0.4) is 0 Å². The Balaban J connectivity index is 1.50. The Kier molecular flexibility index (Phi) is 5.59. The van der Waals surface area contributed by atoms with Crippen LogP contribution in [-0.2, 0) is 30.3 Å². The standard InChI is InChI=1S/C22H27NO6/c1-13(24)23-18-19(25)20-17(12-27-22(2,3)29-20)28-21(18)26-11-14-8-9-15-6-4-5-7-16(15)10-14/h4-10,17-21,25H,11-12H2,1-3H3,(H,23,24)/t17-,18-,19+,20+,21+/m1/s1. The van der Waals surface area contributed by atoms with Crippen molar-refractivity contribution in [2.75, 3.05) is 6.61 Å². The molecule has 0 bridgehead atoms. The highest BCUT2D eigenvalue weighted by molar-refractivity contribution is 5.82. The van der Waals surface area contributed by atoms with Crippen LogP contribution in [0.4, 0.5) is 0 Å². The lowest BCUT2D eigenvalue weighted by molar-refractivity contribution is -0.369. The van der Waals surface area contributed by atoms with Gasteiger partial charge in [-0.3, -0.25) is 4.79 Å². The maximum absolute atomic E-state index is 11.7. The molecular weight excluding hydrogens is 374 g/mol. The first-order valence-corrected chi connectivity index (χ1v) is 9.84. The van der Waals surface area contributed by atoms with E-state index in [1.165, 1.54) is 6.92 Å². The molecule has 0 unspecified atom stereocenters. The van der Waals surface area contributed by atoms with E-state index in [2.05, 4.69) is 17.4 Å². The normalized spacial score (nSPS) is 31.2. The van der Waals surface area contributed by atoms with Gasteiger partial charge in [0.15, 0.2) is 12.1 Å². The number of carbonyl (C=O) groups excluding carboxylic acids is 1. The van der Waals surface area contributed by atoms with E-state index in [1.54, 1.807) is 13.8 Å². The maximum atomic E-state index is 11.7. The summed E-state index contributed by atoms with van der Waals surface area (Å²) in [6.07, 6.45) is -2.90. The molecule has 29 heavy (non-hydrogen) atoms. The van der Waals surface area contributed by atoms with Crippen LogP contribution in [-0.4, -0.2) is 54.1 Å². The zero-order valence-electron chi connectivity index (χ0n) is 16.8. The van der Waals surface area contributed by atoms with E-state index >= 15 is 0 Å². The van der Waals surface area contributed by atoms with Crippen molar-refractivity contribution in [3.05, 3.63) is 48.0 Å². The summed E-state index contributed by atoms with van der Waals surface area (Å²) in [4.78, 5) is 11.7. The minimum atomic E-state index is -0.984. The first-order chi connectivity index (χ1) is 13.8. The van der Waals surface area contributed by atoms with Gasteiger partial charge in [-0.15, -0.1) is 0 Å². The average molecular weight is 401 g/mol. The van der Waals surface area contributed by atoms with Gasteiger partial charge in [-0.25, -0.2) is 0 Å². The Morgan fingerprint density at radius 3 is 2.76 bits per heavy atom. The van der Waals surface area contributed by atoms with Crippen LogP contribution in [0, 0.1) is 0 Å². The molecule has 0 spiro atoms. The highest BCUT2D eigenvalue weighted by Gasteiger charge is 2.51. The molecule has 0 aliphatic carbocycles. The quantitative estimate of drug-likeness (QED) is 0.816. The monoisotopic (exact) mass is 401 g/mol. The van der Waals surface area contributed by atoms with Crippen molar-refractivity contribution < 1.29 is 28.8 Å². The molecule has 0 saturated carbocycles. The fourth-order valence-corrected chi connectivity index (χ4v) is 3.88. The lowest BCUT2D eigenvalue weighted by Gasteiger charge is -2.49. The molecular formula is C22H27NO6. The van der Waals surface area contributed by atoms with Gasteiger partial charge < -0.3 is 29.4 Å². The summed E-state index contributed by atoms with van der Waals surface area (Å²) in [5.74, 6) is -1.10. The van der Waals surface area contributed by atoms with Gasteiger partial charge in [0.25, 0.3) is 0 Å². The third kappa shape index (κ3) is 4.44. The van der Waals surface area contributed by atoms with Crippen molar-refractivity contribution in [3.8, 4) is 0 Å². The Labute approximate surface area is 169 Å². The molecule has 0 radical (unpaired) electrons. The van der Waals surface area contributed by atoms with E-state index in [4.69, 9.17) is 18.9 Å². The summed E-state index contributed by atoms with van der Waals surface area (Å²) in [5, 5.41) is 15.9. The number of rotatable bonds is 4. The molecule has 0 aromatic heterocycles. The smallest absolute Gasteiger partial charge is 0.217 e. The van der Waals surface area contributed by atoms with Crippen LogP contribution >= 0.6 is 0 Å². The second kappa shape index (κ2) is 8.01. The van der Waals surface area contributed by atoms with E-state index in [9.17, 15) is 9.90 Å². The molecule has 4 rings (SSSR count). The first kappa shape index (κ1) is 20.3. The van der Waals surface area contributed by atoms with Gasteiger partial charge in [0.05, 0.1) is 13.2 Å². The molecule has 2 heterocycles. The van der Waals surface area contributed by atoms with E-state index < -0.39 is 36.4 Å². The fraction of sp³-hybridized carbons (Fsp3) is 0.500. The number of amides is 1. The second-order valence-electron chi connectivity index (χ2n) is 8.05. The molecule has 2 fully saturated rings. The summed E-state index contributed by atoms with van der Waals surface area (Å²) in [6.45, 7) is 5.52. The number of carbonyl (C=O) groups is 1. The summed E-state index contributed by atoms with van der Waals surface area (Å²) in [7, 11) is 0. The van der Waals surface area contributed by atoms with Gasteiger partial charge in [0.2, 0.25) is 5.91 Å². The molecule has 2 saturated heterocycles. The lowest BCUT2D eigenvalue weighted by atomic mass is 9.95. The van der Waals surface area contributed by atoms with E-state index in [1.807, 2.05) is 30.3 Å². The molecule has 5 atom stereocenters. The van der Waals surface area contributed by atoms with Crippen LogP contribution in [0.15, 0.2) is 42.5 Å². The van der Waals surface area contributed by atoms with Gasteiger partial charge >= 0.3 is 0 Å². The Hall–Kier alpha value is -2.03. The van der Waals surface area contributed by atoms with Gasteiger partial charge in [0.1, 0.15) is 24.4 Å². The average Bonchev–Trinajstić information content (AvgIpc) is 2.68. The lowest BCUT2D eigenvalue weighted by Crippen LogP contribution is -2.68. The van der Waals surface area contributed by atoms with Crippen molar-refractivity contribution >= 4 is 16.7 Å². The molecule has 2 N–H and O–H groups in total. The first-order valence-electron chi connectivity index (χ1n) is 9.84. The molecule has 2 aliphatic heterocycles. The number of fused-ring (bicyclic) bond motifs is 2. The molecule has 2 aromatic rings. The van der Waals surface area contributed by atoms with Gasteiger partial charge in [0, 0.05) is 6.92 Å². The number of ether oxygens (including phenoxy) is 4. The zero-order valence-corrected chi connectivity index (χ0v) is 16.8. The predicted octanol–water partition coefficient (Wildman–Crippen LogP) is 2.10. The van der Waals surface area contributed by atoms with Crippen molar-refractivity contribution in [3.63, 3.8) is 0 Å². The zero-order chi connectivity index (χ0) is 20.6. The SMILES string of the molecule is CC(=O)N[C@H]1[C@@H](OCc2ccc3ccccc3c2)O[C@@H]2COC(C)(C)O[C@@H]2[C@H]1O. The Morgan fingerprint density at radius 2 is 2.00 bits per heavy atom. The molecule has 7 nitrogen and oxygen atoms in total. The Bertz CT molecular complexity index is 884. The molecule has 2 aromatic carbocycles. The number of aliphatic hydroxyl groups is 1. The number of benzene rings is 2. The van der Waals surface area contributed by atoms with E-state index in [0.29, 0.717) is 0 Å². The fourth-order valence-electron chi connectivity index (χ4n) is 3.88. The molecule has 156 valence electrons. The van der Waals surface area contributed by atoms with Crippen molar-refractivity contribution in [1.29, 1.82) is 0 Å². The van der Waals surface area contributed by atoms with Crippen molar-refractivity contribution in [1.82, 2.24) is 5.32 Å². The van der Waals surface area contributed by atoms with Gasteiger partial charge in [-0.05, 0) is 36.2 Å². The van der Waals surface area contributed by atoms with E-state index in [-0.39, 0.29) is 19.1 Å². The maximum Gasteiger partial charge on any atom is 0.217 e. The highest BCUT2D eigenvalue weighted by Crippen LogP contribution is 2.33. The van der Waals surface area contributed by atoms with Crippen LogP contribution in [0.1, 0.15) is 26.3 Å². The minimum Gasteiger partial charge on any atom is -0.388 e. The summed E-state index contributed by atoms with van der Waals surface area (Å²) < 4.78 is 23.5. The third-order valence-corrected chi connectivity index (χ3v) is 5.29. The van der Waals surface area contributed by atoms with Crippen LogP contribution < -0.4 is 5.32 Å². The van der Waals surface area contributed by atoms with Gasteiger partial charge in [-0.2, -0.15) is 0 Å². The minimum absolute atomic E-state index is 0.275.